The lowest BCUT2D eigenvalue weighted by Gasteiger charge is -2.36. The summed E-state index contributed by atoms with van der Waals surface area (Å²) in [6.45, 7) is 6.21. The van der Waals surface area contributed by atoms with Crippen LogP contribution in [0, 0.1) is 6.92 Å². The average molecular weight is 494 g/mol. The van der Waals surface area contributed by atoms with Crippen LogP contribution in [0.2, 0.25) is 5.02 Å². The van der Waals surface area contributed by atoms with E-state index in [4.69, 9.17) is 11.6 Å². The first-order valence-corrected chi connectivity index (χ1v) is 10.3. The summed E-state index contributed by atoms with van der Waals surface area (Å²) in [4.78, 5) is 16.8. The van der Waals surface area contributed by atoms with Crippen LogP contribution in [0.25, 0.3) is 0 Å². The largest absolute Gasteiger partial charge is 0.436 e. The number of hydrogen-bond donors (Lipinski definition) is 0. The van der Waals surface area contributed by atoms with Crippen molar-refractivity contribution in [3.63, 3.8) is 0 Å². The van der Waals surface area contributed by atoms with Gasteiger partial charge in [0.2, 0.25) is 5.91 Å². The average Bonchev–Trinajstić information content (AvgIpc) is 2.96. The maximum atomic E-state index is 13.1. The van der Waals surface area contributed by atoms with Gasteiger partial charge in [0.1, 0.15) is 6.04 Å². The van der Waals surface area contributed by atoms with E-state index in [2.05, 4.69) is 25.9 Å². The highest BCUT2D eigenvalue weighted by molar-refractivity contribution is 9.10. The van der Waals surface area contributed by atoms with Gasteiger partial charge in [-0.2, -0.15) is 18.3 Å². The SMILES string of the molecule is Cc1c(Br)c(C(F)(F)F)nn1C(C)C(=O)N1CCN(Cc2cccc(Cl)c2)CC1. The Morgan fingerprint density at radius 2 is 1.93 bits per heavy atom. The molecule has 0 saturated carbocycles. The highest BCUT2D eigenvalue weighted by Gasteiger charge is 2.39. The number of carbonyl (C=O) groups is 1. The molecule has 0 N–H and O–H groups in total. The lowest BCUT2D eigenvalue weighted by Crippen LogP contribution is -2.50. The van der Waals surface area contributed by atoms with Gasteiger partial charge in [0, 0.05) is 37.7 Å². The predicted octanol–water partition coefficient (Wildman–Crippen LogP) is 4.53. The van der Waals surface area contributed by atoms with Crippen LogP contribution in [0.15, 0.2) is 28.7 Å². The van der Waals surface area contributed by atoms with Gasteiger partial charge in [0.05, 0.1) is 10.2 Å². The molecule has 0 radical (unpaired) electrons. The van der Waals surface area contributed by atoms with Crippen molar-refractivity contribution in [2.45, 2.75) is 32.6 Å². The van der Waals surface area contributed by atoms with Crippen molar-refractivity contribution in [3.8, 4) is 0 Å². The van der Waals surface area contributed by atoms with Gasteiger partial charge in [-0.25, -0.2) is 0 Å². The molecule has 1 amide bonds. The number of aromatic nitrogens is 2. The Kier molecular flexibility index (Phi) is 6.60. The number of nitrogens with zero attached hydrogens (tertiary/aromatic N) is 4. The summed E-state index contributed by atoms with van der Waals surface area (Å²) in [5.74, 6) is -0.237. The molecule has 29 heavy (non-hydrogen) atoms. The molecule has 1 saturated heterocycles. The van der Waals surface area contributed by atoms with Gasteiger partial charge in [-0.05, 0) is 47.5 Å². The lowest BCUT2D eigenvalue weighted by atomic mass is 10.2. The fraction of sp³-hybridized carbons (Fsp3) is 0.474. The van der Waals surface area contributed by atoms with Crippen molar-refractivity contribution in [3.05, 3.63) is 50.7 Å². The van der Waals surface area contributed by atoms with E-state index in [1.807, 2.05) is 24.3 Å². The molecular formula is C19H21BrClF3N4O. The Morgan fingerprint density at radius 3 is 2.48 bits per heavy atom. The summed E-state index contributed by atoms with van der Waals surface area (Å²) in [6, 6.07) is 6.82. The zero-order chi connectivity index (χ0) is 21.3. The summed E-state index contributed by atoms with van der Waals surface area (Å²) in [5.41, 5.74) is 0.362. The molecule has 1 aromatic heterocycles. The molecule has 1 aromatic carbocycles. The van der Waals surface area contributed by atoms with E-state index in [1.165, 1.54) is 6.92 Å². The highest BCUT2D eigenvalue weighted by Crippen LogP contribution is 2.36. The van der Waals surface area contributed by atoms with E-state index in [0.29, 0.717) is 31.2 Å². The first-order valence-electron chi connectivity index (χ1n) is 9.15. The molecule has 1 fully saturated rings. The molecule has 3 rings (SSSR count). The number of amides is 1. The molecule has 10 heteroatoms. The van der Waals surface area contributed by atoms with Crippen molar-refractivity contribution in [2.24, 2.45) is 0 Å². The fourth-order valence-corrected chi connectivity index (χ4v) is 4.14. The van der Waals surface area contributed by atoms with Crippen molar-refractivity contribution in [1.29, 1.82) is 0 Å². The summed E-state index contributed by atoms with van der Waals surface area (Å²) in [6.07, 6.45) is -4.58. The zero-order valence-electron chi connectivity index (χ0n) is 16.0. The predicted molar refractivity (Wildman–Crippen MR) is 108 cm³/mol. The van der Waals surface area contributed by atoms with Gasteiger partial charge in [0.15, 0.2) is 5.69 Å². The highest BCUT2D eigenvalue weighted by atomic mass is 79.9. The van der Waals surface area contributed by atoms with Crippen LogP contribution >= 0.6 is 27.5 Å². The van der Waals surface area contributed by atoms with Gasteiger partial charge in [-0.15, -0.1) is 0 Å². The Bertz CT molecular complexity index is 894. The molecule has 0 aliphatic carbocycles. The monoisotopic (exact) mass is 492 g/mol. The maximum Gasteiger partial charge on any atom is 0.436 e. The number of rotatable bonds is 4. The first kappa shape index (κ1) is 22.1. The summed E-state index contributed by atoms with van der Waals surface area (Å²) >= 11 is 8.97. The van der Waals surface area contributed by atoms with Crippen molar-refractivity contribution >= 4 is 33.4 Å². The molecule has 0 spiro atoms. The van der Waals surface area contributed by atoms with Gasteiger partial charge in [0.25, 0.3) is 0 Å². The van der Waals surface area contributed by atoms with Gasteiger partial charge in [-0.3, -0.25) is 14.4 Å². The third-order valence-electron chi connectivity index (χ3n) is 5.05. The molecule has 2 heterocycles. The third-order valence-corrected chi connectivity index (χ3v) is 6.23. The van der Waals surface area contributed by atoms with Crippen LogP contribution in [0.3, 0.4) is 0 Å². The van der Waals surface area contributed by atoms with Crippen LogP contribution in [-0.2, 0) is 17.5 Å². The van der Waals surface area contributed by atoms with E-state index >= 15 is 0 Å². The Morgan fingerprint density at radius 1 is 1.28 bits per heavy atom. The van der Waals surface area contributed by atoms with Crippen molar-refractivity contribution < 1.29 is 18.0 Å². The number of benzene rings is 1. The molecule has 0 bridgehead atoms. The number of halogens is 5. The van der Waals surface area contributed by atoms with Crippen molar-refractivity contribution in [1.82, 2.24) is 19.6 Å². The lowest BCUT2D eigenvalue weighted by molar-refractivity contribution is -0.143. The Labute approximate surface area is 180 Å². The van der Waals surface area contributed by atoms with Crippen LogP contribution < -0.4 is 0 Å². The number of hydrogen-bond acceptors (Lipinski definition) is 3. The summed E-state index contributed by atoms with van der Waals surface area (Å²) < 4.78 is 40.3. The van der Waals surface area contributed by atoms with Crippen LogP contribution in [0.1, 0.15) is 29.9 Å². The molecule has 1 atom stereocenters. The molecule has 5 nitrogen and oxygen atoms in total. The van der Waals surface area contributed by atoms with Gasteiger partial charge in [-0.1, -0.05) is 23.7 Å². The molecule has 2 aromatic rings. The van der Waals surface area contributed by atoms with Crippen molar-refractivity contribution in [2.75, 3.05) is 26.2 Å². The van der Waals surface area contributed by atoms with E-state index in [0.717, 1.165) is 16.8 Å². The number of alkyl halides is 3. The van der Waals surface area contributed by atoms with E-state index in [1.54, 1.807) is 11.8 Å². The zero-order valence-corrected chi connectivity index (χ0v) is 18.4. The molecule has 1 aliphatic rings. The normalized spacial score (nSPS) is 16.9. The second-order valence-electron chi connectivity index (χ2n) is 7.10. The van der Waals surface area contributed by atoms with Crippen LogP contribution in [0.4, 0.5) is 13.2 Å². The van der Waals surface area contributed by atoms with Gasteiger partial charge < -0.3 is 4.90 Å². The maximum absolute atomic E-state index is 13.1. The topological polar surface area (TPSA) is 41.4 Å². The molecule has 158 valence electrons. The smallest absolute Gasteiger partial charge is 0.338 e. The second kappa shape index (κ2) is 8.65. The van der Waals surface area contributed by atoms with E-state index in [9.17, 15) is 18.0 Å². The summed E-state index contributed by atoms with van der Waals surface area (Å²) in [5, 5.41) is 4.33. The first-order chi connectivity index (χ1) is 13.6. The minimum atomic E-state index is -4.58. The van der Waals surface area contributed by atoms with Crippen LogP contribution in [0.5, 0.6) is 0 Å². The minimum Gasteiger partial charge on any atom is -0.338 e. The fourth-order valence-electron chi connectivity index (χ4n) is 3.45. The Balaban J connectivity index is 1.63. The van der Waals surface area contributed by atoms with Crippen LogP contribution in [-0.4, -0.2) is 51.7 Å². The number of carbonyl (C=O) groups excluding carboxylic acids is 1. The molecule has 1 unspecified atom stereocenters. The summed E-state index contributed by atoms with van der Waals surface area (Å²) in [7, 11) is 0. The third kappa shape index (κ3) is 4.95. The minimum absolute atomic E-state index is 0.129. The van der Waals surface area contributed by atoms with Gasteiger partial charge >= 0.3 is 6.18 Å². The number of piperazine rings is 1. The quantitative estimate of drug-likeness (QED) is 0.628. The van der Waals surface area contributed by atoms with E-state index in [-0.39, 0.29) is 16.1 Å². The Hall–Kier alpha value is -1.58. The standard InChI is InChI=1S/C19H21BrClF3N4O/c1-12-16(20)17(19(22,23)24)25-28(12)13(2)18(29)27-8-6-26(7-9-27)11-14-4-3-5-15(21)10-14/h3-5,10,13H,6-9,11H2,1-2H3. The molecule has 1 aliphatic heterocycles. The molecular weight excluding hydrogens is 473 g/mol. The van der Waals surface area contributed by atoms with E-state index < -0.39 is 17.9 Å². The second-order valence-corrected chi connectivity index (χ2v) is 8.33.